The van der Waals surface area contributed by atoms with Crippen molar-refractivity contribution in [3.63, 3.8) is 0 Å². The van der Waals surface area contributed by atoms with Gasteiger partial charge in [0.1, 0.15) is 0 Å². The Kier molecular flexibility index (Phi) is 5.08. The normalized spacial score (nSPS) is 10.5. The zero-order valence-electron chi connectivity index (χ0n) is 12.7. The van der Waals surface area contributed by atoms with Crippen molar-refractivity contribution in [3.8, 4) is 5.75 Å². The number of hydrogen-bond acceptors (Lipinski definition) is 3. The van der Waals surface area contributed by atoms with Crippen LogP contribution in [0.25, 0.3) is 10.8 Å². The fourth-order valence-electron chi connectivity index (χ4n) is 2.32. The maximum absolute atomic E-state index is 12.4. The third kappa shape index (κ3) is 4.02. The number of phenolic OH excluding ortho intramolecular Hbond substituents is 1. The molecule has 25 heavy (non-hydrogen) atoms. The van der Waals surface area contributed by atoms with E-state index in [0.717, 1.165) is 10.8 Å². The number of fused-ring (bicyclic) bond motifs is 1. The first kappa shape index (κ1) is 17.5. The van der Waals surface area contributed by atoms with Gasteiger partial charge >= 0.3 is 0 Å². The molecule has 0 radical (unpaired) electrons. The Morgan fingerprint density at radius 3 is 2.48 bits per heavy atom. The van der Waals surface area contributed by atoms with Crippen LogP contribution in [0.15, 0.2) is 54.6 Å². The molecule has 0 aliphatic carbocycles. The topological polar surface area (TPSA) is 61.4 Å². The van der Waals surface area contributed by atoms with Crippen LogP contribution in [0.4, 0.5) is 5.69 Å². The number of aromatic hydroxyl groups is 1. The molecule has 3 rings (SSSR count). The Hall–Kier alpha value is -2.34. The molecule has 0 unspecified atom stereocenters. The molecule has 0 saturated carbocycles. The molecule has 0 fully saturated rings. The van der Waals surface area contributed by atoms with Gasteiger partial charge in [0.15, 0.2) is 10.9 Å². The highest BCUT2D eigenvalue weighted by atomic mass is 35.5. The lowest BCUT2D eigenvalue weighted by atomic mass is 10.1. The molecule has 3 aromatic carbocycles. The Balaban J connectivity index is 1.75. The van der Waals surface area contributed by atoms with Gasteiger partial charge in [0, 0.05) is 10.6 Å². The maximum Gasteiger partial charge on any atom is 0.257 e. The lowest BCUT2D eigenvalue weighted by Crippen LogP contribution is -2.34. The van der Waals surface area contributed by atoms with E-state index >= 15 is 0 Å². The number of phenols is 1. The van der Waals surface area contributed by atoms with Crippen molar-refractivity contribution < 1.29 is 9.90 Å². The van der Waals surface area contributed by atoms with Gasteiger partial charge in [-0.2, -0.15) is 0 Å². The molecule has 3 aromatic rings. The molecule has 0 aliphatic rings. The largest absolute Gasteiger partial charge is 0.504 e. The SMILES string of the molecule is O=C(NC(=S)Nc1cc(Cl)cc(Cl)c1O)c1ccc2ccccc2c1. The number of amides is 1. The van der Waals surface area contributed by atoms with E-state index in [-0.39, 0.29) is 27.5 Å². The van der Waals surface area contributed by atoms with Crippen molar-refractivity contribution in [1.82, 2.24) is 5.32 Å². The van der Waals surface area contributed by atoms with Crippen LogP contribution in [0.1, 0.15) is 10.4 Å². The fraction of sp³-hybridized carbons (Fsp3) is 0. The quantitative estimate of drug-likeness (QED) is 0.426. The summed E-state index contributed by atoms with van der Waals surface area (Å²) < 4.78 is 0. The fourth-order valence-corrected chi connectivity index (χ4v) is 3.02. The number of benzene rings is 3. The molecular weight excluding hydrogens is 379 g/mol. The van der Waals surface area contributed by atoms with Gasteiger partial charge in [-0.15, -0.1) is 0 Å². The molecule has 126 valence electrons. The summed E-state index contributed by atoms with van der Waals surface area (Å²) in [6.07, 6.45) is 0. The van der Waals surface area contributed by atoms with Crippen LogP contribution in [0, 0.1) is 0 Å². The second kappa shape index (κ2) is 7.27. The van der Waals surface area contributed by atoms with Gasteiger partial charge in [-0.1, -0.05) is 53.5 Å². The molecule has 0 bridgehead atoms. The third-order valence-corrected chi connectivity index (χ3v) is 4.23. The van der Waals surface area contributed by atoms with E-state index in [9.17, 15) is 9.90 Å². The Labute approximate surface area is 159 Å². The number of hydrogen-bond donors (Lipinski definition) is 3. The number of anilines is 1. The van der Waals surface area contributed by atoms with E-state index in [1.54, 1.807) is 12.1 Å². The average Bonchev–Trinajstić information content (AvgIpc) is 2.58. The van der Waals surface area contributed by atoms with Gasteiger partial charge in [0.25, 0.3) is 5.91 Å². The lowest BCUT2D eigenvalue weighted by Gasteiger charge is -2.12. The maximum atomic E-state index is 12.4. The first-order chi connectivity index (χ1) is 11.9. The number of nitrogens with one attached hydrogen (secondary N) is 2. The summed E-state index contributed by atoms with van der Waals surface area (Å²) in [5.74, 6) is -0.566. The molecule has 0 heterocycles. The van der Waals surface area contributed by atoms with Crippen molar-refractivity contribution in [3.05, 3.63) is 70.2 Å². The predicted molar refractivity (Wildman–Crippen MR) is 106 cm³/mol. The number of rotatable bonds is 2. The minimum absolute atomic E-state index is 0.0202. The molecule has 0 aromatic heterocycles. The van der Waals surface area contributed by atoms with Gasteiger partial charge < -0.3 is 10.4 Å². The molecule has 0 saturated heterocycles. The standard InChI is InChI=1S/C18H12Cl2N2O2S/c19-13-8-14(20)16(23)15(9-13)21-18(25)22-17(24)12-6-5-10-3-1-2-4-11(10)7-12/h1-9,23H,(H2,21,22,24,25). The number of halogens is 2. The molecule has 4 nitrogen and oxygen atoms in total. The van der Waals surface area contributed by atoms with Crippen molar-refractivity contribution in [2.75, 3.05) is 5.32 Å². The highest BCUT2D eigenvalue weighted by molar-refractivity contribution is 7.80. The van der Waals surface area contributed by atoms with E-state index in [2.05, 4.69) is 10.6 Å². The molecule has 1 amide bonds. The minimum Gasteiger partial charge on any atom is -0.504 e. The van der Waals surface area contributed by atoms with Crippen LogP contribution in [0.3, 0.4) is 0 Å². The molecule has 7 heteroatoms. The van der Waals surface area contributed by atoms with Gasteiger partial charge in [-0.3, -0.25) is 10.1 Å². The zero-order valence-corrected chi connectivity index (χ0v) is 15.0. The second-order valence-corrected chi connectivity index (χ2v) is 6.51. The third-order valence-electron chi connectivity index (χ3n) is 3.52. The highest BCUT2D eigenvalue weighted by Gasteiger charge is 2.12. The summed E-state index contributed by atoms with van der Waals surface area (Å²) >= 11 is 16.9. The van der Waals surface area contributed by atoms with E-state index in [4.69, 9.17) is 35.4 Å². The molecular formula is C18H12Cl2N2O2S. The molecule has 0 atom stereocenters. The average molecular weight is 391 g/mol. The van der Waals surface area contributed by atoms with Crippen LogP contribution in [-0.2, 0) is 0 Å². The van der Waals surface area contributed by atoms with E-state index in [1.165, 1.54) is 12.1 Å². The van der Waals surface area contributed by atoms with Crippen molar-refractivity contribution >= 4 is 62.9 Å². The predicted octanol–water partition coefficient (Wildman–Crippen LogP) is 4.98. The highest BCUT2D eigenvalue weighted by Crippen LogP contribution is 2.34. The van der Waals surface area contributed by atoms with Crippen LogP contribution < -0.4 is 10.6 Å². The first-order valence-electron chi connectivity index (χ1n) is 7.23. The smallest absolute Gasteiger partial charge is 0.257 e. The van der Waals surface area contributed by atoms with Crippen molar-refractivity contribution in [2.45, 2.75) is 0 Å². The summed E-state index contributed by atoms with van der Waals surface area (Å²) in [5, 5.41) is 17.6. The lowest BCUT2D eigenvalue weighted by molar-refractivity contribution is 0.0978. The van der Waals surface area contributed by atoms with Crippen LogP contribution >= 0.6 is 35.4 Å². The Morgan fingerprint density at radius 2 is 1.72 bits per heavy atom. The van der Waals surface area contributed by atoms with Gasteiger partial charge in [0.2, 0.25) is 0 Å². The van der Waals surface area contributed by atoms with Gasteiger partial charge in [-0.05, 0) is 47.3 Å². The summed E-state index contributed by atoms with van der Waals surface area (Å²) in [5.41, 5.74) is 0.678. The van der Waals surface area contributed by atoms with Crippen LogP contribution in [-0.4, -0.2) is 16.1 Å². The van der Waals surface area contributed by atoms with Crippen LogP contribution in [0.2, 0.25) is 10.0 Å². The van der Waals surface area contributed by atoms with Crippen LogP contribution in [0.5, 0.6) is 5.75 Å². The number of carbonyl (C=O) groups is 1. The summed E-state index contributed by atoms with van der Waals surface area (Å²) in [6.45, 7) is 0. The summed E-state index contributed by atoms with van der Waals surface area (Å²) in [4.78, 5) is 12.4. The minimum atomic E-state index is -0.365. The number of carbonyl (C=O) groups excluding carboxylic acids is 1. The number of thiocarbonyl (C=S) groups is 1. The Morgan fingerprint density at radius 1 is 1.00 bits per heavy atom. The second-order valence-electron chi connectivity index (χ2n) is 5.25. The Bertz CT molecular complexity index is 992. The van der Waals surface area contributed by atoms with Gasteiger partial charge in [0.05, 0.1) is 10.7 Å². The van der Waals surface area contributed by atoms with E-state index < -0.39 is 0 Å². The zero-order chi connectivity index (χ0) is 18.0. The molecule has 0 aliphatic heterocycles. The first-order valence-corrected chi connectivity index (χ1v) is 8.39. The van der Waals surface area contributed by atoms with Crippen molar-refractivity contribution in [2.24, 2.45) is 0 Å². The van der Waals surface area contributed by atoms with Crippen molar-refractivity contribution in [1.29, 1.82) is 0 Å². The summed E-state index contributed by atoms with van der Waals surface area (Å²) in [7, 11) is 0. The van der Waals surface area contributed by atoms with E-state index in [0.29, 0.717) is 10.6 Å². The van der Waals surface area contributed by atoms with E-state index in [1.807, 2.05) is 30.3 Å². The molecule has 3 N–H and O–H groups in total. The molecule has 0 spiro atoms. The summed E-state index contributed by atoms with van der Waals surface area (Å²) in [6, 6.07) is 15.9. The van der Waals surface area contributed by atoms with Gasteiger partial charge in [-0.25, -0.2) is 0 Å². The monoisotopic (exact) mass is 390 g/mol.